The van der Waals surface area contributed by atoms with E-state index in [1.807, 2.05) is 45.9 Å². The second-order valence-corrected chi connectivity index (χ2v) is 5.02. The van der Waals surface area contributed by atoms with Gasteiger partial charge in [-0.2, -0.15) is 0 Å². The minimum absolute atomic E-state index is 0.196. The minimum atomic E-state index is -0.631. The summed E-state index contributed by atoms with van der Waals surface area (Å²) < 4.78 is 5.60. The molecular weight excluding hydrogens is 236 g/mol. The van der Waals surface area contributed by atoms with Crippen LogP contribution in [0.1, 0.15) is 38.0 Å². The molecule has 3 heteroatoms. The van der Waals surface area contributed by atoms with Gasteiger partial charge in [-0.3, -0.25) is 0 Å². The molecule has 2 nitrogen and oxygen atoms in total. The lowest BCUT2D eigenvalue weighted by Crippen LogP contribution is -2.27. The summed E-state index contributed by atoms with van der Waals surface area (Å²) in [6.07, 6.45) is -0.827. The van der Waals surface area contributed by atoms with Gasteiger partial charge in [-0.15, -0.1) is 0 Å². The molecule has 0 heterocycles. The Kier molecular flexibility index (Phi) is 5.44. The van der Waals surface area contributed by atoms with E-state index in [0.29, 0.717) is 11.6 Å². The average molecular weight is 257 g/mol. The van der Waals surface area contributed by atoms with Crippen molar-refractivity contribution in [2.45, 2.75) is 39.9 Å². The summed E-state index contributed by atoms with van der Waals surface area (Å²) in [5.74, 6) is 0.255. The second kappa shape index (κ2) is 6.39. The molecule has 1 rings (SSSR count). The number of benzene rings is 1. The number of halogens is 1. The summed E-state index contributed by atoms with van der Waals surface area (Å²) in [5.41, 5.74) is 1.83. The molecule has 0 saturated heterocycles. The number of aliphatic hydroxyl groups excluding tert-OH is 1. The molecule has 17 heavy (non-hydrogen) atoms. The number of hydrogen-bond acceptors (Lipinski definition) is 2. The van der Waals surface area contributed by atoms with Crippen LogP contribution >= 0.6 is 11.6 Å². The van der Waals surface area contributed by atoms with E-state index in [9.17, 15) is 5.11 Å². The maximum absolute atomic E-state index is 10.3. The third-order valence-corrected chi connectivity index (χ3v) is 3.27. The van der Waals surface area contributed by atoms with E-state index >= 15 is 0 Å². The van der Waals surface area contributed by atoms with Crippen molar-refractivity contribution < 1.29 is 9.84 Å². The maximum atomic E-state index is 10.3. The highest BCUT2D eigenvalue weighted by molar-refractivity contribution is 6.31. The summed E-state index contributed by atoms with van der Waals surface area (Å²) in [4.78, 5) is 0. The Labute approximate surface area is 109 Å². The van der Waals surface area contributed by atoms with Crippen molar-refractivity contribution in [1.29, 1.82) is 0 Å². The summed E-state index contributed by atoms with van der Waals surface area (Å²) in [7, 11) is 0. The monoisotopic (exact) mass is 256 g/mol. The Morgan fingerprint density at radius 1 is 1.35 bits per heavy atom. The van der Waals surface area contributed by atoms with Crippen LogP contribution in [0.3, 0.4) is 0 Å². The quantitative estimate of drug-likeness (QED) is 0.870. The molecule has 0 fully saturated rings. The van der Waals surface area contributed by atoms with Gasteiger partial charge in [0.15, 0.2) is 0 Å². The van der Waals surface area contributed by atoms with Crippen molar-refractivity contribution >= 4 is 11.6 Å². The molecule has 0 spiro atoms. The van der Waals surface area contributed by atoms with E-state index in [-0.39, 0.29) is 12.0 Å². The fourth-order valence-electron chi connectivity index (χ4n) is 1.82. The van der Waals surface area contributed by atoms with Crippen LogP contribution in [0.4, 0.5) is 0 Å². The zero-order valence-corrected chi connectivity index (χ0v) is 11.7. The van der Waals surface area contributed by atoms with Gasteiger partial charge in [0.25, 0.3) is 0 Å². The van der Waals surface area contributed by atoms with Gasteiger partial charge in [-0.25, -0.2) is 0 Å². The van der Waals surface area contributed by atoms with Crippen LogP contribution in [0.15, 0.2) is 18.2 Å². The zero-order valence-electron chi connectivity index (χ0n) is 10.9. The van der Waals surface area contributed by atoms with E-state index in [1.165, 1.54) is 0 Å². The first-order valence-electron chi connectivity index (χ1n) is 6.03. The first-order chi connectivity index (χ1) is 7.97. The third kappa shape index (κ3) is 3.70. The highest BCUT2D eigenvalue weighted by atomic mass is 35.5. The standard InChI is InChI=1S/C14H21ClO2/c1-5-17-14(9(2)3)13(16)11-7-6-10(4)12(15)8-11/h6-9,13-14,16H,5H2,1-4H3. The molecule has 0 bridgehead atoms. The van der Waals surface area contributed by atoms with Crippen LogP contribution in [0, 0.1) is 12.8 Å². The van der Waals surface area contributed by atoms with Gasteiger partial charge in [0.1, 0.15) is 6.10 Å². The Morgan fingerprint density at radius 2 is 2.00 bits per heavy atom. The number of aliphatic hydroxyl groups is 1. The zero-order chi connectivity index (χ0) is 13.0. The van der Waals surface area contributed by atoms with Gasteiger partial charge in [-0.1, -0.05) is 37.6 Å². The molecular formula is C14H21ClO2. The summed E-state index contributed by atoms with van der Waals surface area (Å²) in [5, 5.41) is 11.0. The third-order valence-electron chi connectivity index (χ3n) is 2.86. The smallest absolute Gasteiger partial charge is 0.105 e. The second-order valence-electron chi connectivity index (χ2n) is 4.62. The van der Waals surface area contributed by atoms with Crippen LogP contribution in [0.25, 0.3) is 0 Å². The molecule has 96 valence electrons. The molecule has 0 saturated carbocycles. The van der Waals surface area contributed by atoms with Crippen LogP contribution in [0.5, 0.6) is 0 Å². The summed E-state index contributed by atoms with van der Waals surface area (Å²) >= 11 is 6.07. The lowest BCUT2D eigenvalue weighted by Gasteiger charge is -2.26. The molecule has 0 aliphatic carbocycles. The molecule has 2 atom stereocenters. The lowest BCUT2D eigenvalue weighted by atomic mass is 9.95. The highest BCUT2D eigenvalue weighted by Gasteiger charge is 2.24. The topological polar surface area (TPSA) is 29.5 Å². The first kappa shape index (κ1) is 14.5. The summed E-state index contributed by atoms with van der Waals surface area (Å²) in [6.45, 7) is 8.56. The van der Waals surface area contributed by atoms with E-state index < -0.39 is 6.10 Å². The SMILES string of the molecule is CCOC(C(C)C)C(O)c1ccc(C)c(Cl)c1. The molecule has 0 aliphatic heterocycles. The van der Waals surface area contributed by atoms with Gasteiger partial charge < -0.3 is 9.84 Å². The predicted octanol–water partition coefficient (Wildman–Crippen LogP) is 3.74. The van der Waals surface area contributed by atoms with Crippen molar-refractivity contribution in [3.63, 3.8) is 0 Å². The molecule has 0 amide bonds. The van der Waals surface area contributed by atoms with Gasteiger partial charge in [-0.05, 0) is 37.0 Å². The Bertz CT molecular complexity index is 363. The fraction of sp³-hybridized carbons (Fsp3) is 0.571. The van der Waals surface area contributed by atoms with Crippen molar-refractivity contribution in [1.82, 2.24) is 0 Å². The lowest BCUT2D eigenvalue weighted by molar-refractivity contribution is -0.0585. The molecule has 2 unspecified atom stereocenters. The predicted molar refractivity (Wildman–Crippen MR) is 71.4 cm³/mol. The van der Waals surface area contributed by atoms with E-state index in [1.54, 1.807) is 0 Å². The summed E-state index contributed by atoms with van der Waals surface area (Å²) in [6, 6.07) is 5.64. The number of ether oxygens (including phenoxy) is 1. The Balaban J connectivity index is 2.92. The van der Waals surface area contributed by atoms with Crippen molar-refractivity contribution in [2.24, 2.45) is 5.92 Å². The molecule has 1 aromatic rings. The van der Waals surface area contributed by atoms with Gasteiger partial charge >= 0.3 is 0 Å². The van der Waals surface area contributed by atoms with E-state index in [4.69, 9.17) is 16.3 Å². The molecule has 1 aromatic carbocycles. The Morgan fingerprint density at radius 3 is 2.47 bits per heavy atom. The van der Waals surface area contributed by atoms with Gasteiger partial charge in [0.2, 0.25) is 0 Å². The van der Waals surface area contributed by atoms with Crippen LogP contribution in [-0.2, 0) is 4.74 Å². The first-order valence-corrected chi connectivity index (χ1v) is 6.40. The number of hydrogen-bond donors (Lipinski definition) is 1. The highest BCUT2D eigenvalue weighted by Crippen LogP contribution is 2.27. The number of aryl methyl sites for hydroxylation is 1. The minimum Gasteiger partial charge on any atom is -0.386 e. The normalized spacial score (nSPS) is 15.0. The molecule has 0 radical (unpaired) electrons. The number of rotatable bonds is 5. The van der Waals surface area contributed by atoms with Crippen molar-refractivity contribution in [2.75, 3.05) is 6.61 Å². The van der Waals surface area contributed by atoms with Gasteiger partial charge in [0, 0.05) is 11.6 Å². The maximum Gasteiger partial charge on any atom is 0.105 e. The van der Waals surface area contributed by atoms with E-state index in [0.717, 1.165) is 11.1 Å². The fourth-order valence-corrected chi connectivity index (χ4v) is 2.01. The van der Waals surface area contributed by atoms with Crippen LogP contribution < -0.4 is 0 Å². The average Bonchev–Trinajstić information content (AvgIpc) is 2.28. The van der Waals surface area contributed by atoms with Gasteiger partial charge in [0.05, 0.1) is 6.10 Å². The van der Waals surface area contributed by atoms with Crippen molar-refractivity contribution in [3.8, 4) is 0 Å². The largest absolute Gasteiger partial charge is 0.386 e. The van der Waals surface area contributed by atoms with Crippen LogP contribution in [-0.4, -0.2) is 17.8 Å². The molecule has 1 N–H and O–H groups in total. The van der Waals surface area contributed by atoms with Crippen LogP contribution in [0.2, 0.25) is 5.02 Å². The van der Waals surface area contributed by atoms with E-state index in [2.05, 4.69) is 0 Å². The van der Waals surface area contributed by atoms with Crippen molar-refractivity contribution in [3.05, 3.63) is 34.3 Å². The molecule has 0 aliphatic rings. The Hall–Kier alpha value is -0.570. The molecule has 0 aromatic heterocycles.